The Morgan fingerprint density at radius 1 is 1.30 bits per heavy atom. The Bertz CT molecular complexity index is 549. The standard InChI is InChI=1S/C18H32N4O/c1-13(12-17-14(2)19-21(6)15(17)3)18(23)22-10-7-8-16(9-11-22)20(4)5/h13,16H,7-12H2,1-6H3/t13-,16+/m1/s1. The van der Waals surface area contributed by atoms with Crippen LogP contribution in [-0.2, 0) is 18.3 Å². The average Bonchev–Trinajstić information content (AvgIpc) is 2.72. The van der Waals surface area contributed by atoms with Crippen molar-refractivity contribution >= 4 is 5.91 Å². The van der Waals surface area contributed by atoms with Crippen molar-refractivity contribution in [2.24, 2.45) is 13.0 Å². The van der Waals surface area contributed by atoms with Crippen LogP contribution in [0.25, 0.3) is 0 Å². The molecule has 1 amide bonds. The van der Waals surface area contributed by atoms with Crippen molar-refractivity contribution in [3.63, 3.8) is 0 Å². The van der Waals surface area contributed by atoms with Gasteiger partial charge in [-0.1, -0.05) is 6.92 Å². The first kappa shape index (κ1) is 18.0. The monoisotopic (exact) mass is 320 g/mol. The molecular weight excluding hydrogens is 288 g/mol. The number of amides is 1. The van der Waals surface area contributed by atoms with Gasteiger partial charge in [0, 0.05) is 37.8 Å². The minimum absolute atomic E-state index is 0.0208. The van der Waals surface area contributed by atoms with E-state index < -0.39 is 0 Å². The van der Waals surface area contributed by atoms with Crippen molar-refractivity contribution in [3.8, 4) is 0 Å². The molecule has 1 fully saturated rings. The van der Waals surface area contributed by atoms with Crippen LogP contribution in [0.5, 0.6) is 0 Å². The van der Waals surface area contributed by atoms with Gasteiger partial charge in [0.15, 0.2) is 0 Å². The van der Waals surface area contributed by atoms with Crippen LogP contribution in [-0.4, -0.2) is 58.7 Å². The minimum atomic E-state index is 0.0208. The molecule has 1 aliphatic heterocycles. The summed E-state index contributed by atoms with van der Waals surface area (Å²) in [5, 5.41) is 4.47. The van der Waals surface area contributed by atoms with Gasteiger partial charge in [-0.05, 0) is 59.2 Å². The fourth-order valence-corrected chi connectivity index (χ4v) is 3.63. The molecule has 23 heavy (non-hydrogen) atoms. The predicted octanol–water partition coefficient (Wildman–Crippen LogP) is 2.16. The lowest BCUT2D eigenvalue weighted by Gasteiger charge is -2.25. The molecule has 0 N–H and O–H groups in total. The zero-order valence-corrected chi connectivity index (χ0v) is 15.6. The highest BCUT2D eigenvalue weighted by Crippen LogP contribution is 2.21. The molecule has 130 valence electrons. The number of carbonyl (C=O) groups excluding carboxylic acids is 1. The largest absolute Gasteiger partial charge is 0.342 e. The van der Waals surface area contributed by atoms with E-state index in [1.165, 1.54) is 17.7 Å². The van der Waals surface area contributed by atoms with Crippen LogP contribution >= 0.6 is 0 Å². The molecule has 1 aromatic rings. The lowest BCUT2D eigenvalue weighted by Crippen LogP contribution is -2.37. The molecule has 1 saturated heterocycles. The van der Waals surface area contributed by atoms with E-state index in [1.807, 2.05) is 18.7 Å². The van der Waals surface area contributed by atoms with Gasteiger partial charge >= 0.3 is 0 Å². The first-order chi connectivity index (χ1) is 10.8. The Balaban J connectivity index is 1.99. The Morgan fingerprint density at radius 2 is 2.00 bits per heavy atom. The normalized spacial score (nSPS) is 20.7. The molecule has 0 radical (unpaired) electrons. The zero-order valence-electron chi connectivity index (χ0n) is 15.6. The molecule has 1 aromatic heterocycles. The van der Waals surface area contributed by atoms with E-state index in [0.717, 1.165) is 38.0 Å². The number of hydrogen-bond acceptors (Lipinski definition) is 3. The van der Waals surface area contributed by atoms with Crippen molar-refractivity contribution in [1.82, 2.24) is 19.6 Å². The SMILES string of the molecule is Cc1nn(C)c(C)c1C[C@@H](C)C(=O)N1CCC[C@H](N(C)C)CC1. The molecule has 5 nitrogen and oxygen atoms in total. The van der Waals surface area contributed by atoms with Gasteiger partial charge in [0.1, 0.15) is 0 Å². The molecule has 2 atom stereocenters. The van der Waals surface area contributed by atoms with Crippen LogP contribution in [0.15, 0.2) is 0 Å². The predicted molar refractivity (Wildman–Crippen MR) is 93.5 cm³/mol. The molecule has 0 bridgehead atoms. The molecule has 0 unspecified atom stereocenters. The maximum Gasteiger partial charge on any atom is 0.225 e. The third kappa shape index (κ3) is 4.14. The lowest BCUT2D eigenvalue weighted by atomic mass is 9.98. The van der Waals surface area contributed by atoms with Gasteiger partial charge < -0.3 is 9.80 Å². The quantitative estimate of drug-likeness (QED) is 0.854. The van der Waals surface area contributed by atoms with Crippen LogP contribution in [0, 0.1) is 19.8 Å². The van der Waals surface area contributed by atoms with E-state index in [4.69, 9.17) is 0 Å². The number of hydrogen-bond donors (Lipinski definition) is 0. The van der Waals surface area contributed by atoms with Gasteiger partial charge in [-0.15, -0.1) is 0 Å². The third-order valence-electron chi connectivity index (χ3n) is 5.33. The van der Waals surface area contributed by atoms with Crippen LogP contribution in [0.4, 0.5) is 0 Å². The highest BCUT2D eigenvalue weighted by Gasteiger charge is 2.26. The number of aromatic nitrogens is 2. The van der Waals surface area contributed by atoms with Gasteiger partial charge in [0.05, 0.1) is 5.69 Å². The Kier molecular flexibility index (Phi) is 5.84. The Hall–Kier alpha value is -1.36. The summed E-state index contributed by atoms with van der Waals surface area (Å²) < 4.78 is 1.91. The summed E-state index contributed by atoms with van der Waals surface area (Å²) in [7, 11) is 6.24. The van der Waals surface area contributed by atoms with Gasteiger partial charge in [-0.2, -0.15) is 5.10 Å². The number of carbonyl (C=O) groups is 1. The van der Waals surface area contributed by atoms with Crippen molar-refractivity contribution in [2.75, 3.05) is 27.2 Å². The fraction of sp³-hybridized carbons (Fsp3) is 0.778. The molecule has 1 aliphatic rings. The summed E-state index contributed by atoms with van der Waals surface area (Å²) in [6, 6.07) is 0.603. The highest BCUT2D eigenvalue weighted by atomic mass is 16.2. The topological polar surface area (TPSA) is 41.4 Å². The van der Waals surface area contributed by atoms with E-state index in [2.05, 4.69) is 42.8 Å². The van der Waals surface area contributed by atoms with Crippen LogP contribution in [0.1, 0.15) is 43.1 Å². The summed E-state index contributed by atoms with van der Waals surface area (Å²) in [5.41, 5.74) is 3.45. The van der Waals surface area contributed by atoms with Crippen LogP contribution < -0.4 is 0 Å². The van der Waals surface area contributed by atoms with E-state index >= 15 is 0 Å². The first-order valence-electron chi connectivity index (χ1n) is 8.75. The number of nitrogens with zero attached hydrogens (tertiary/aromatic N) is 4. The lowest BCUT2D eigenvalue weighted by molar-refractivity contribution is -0.134. The van der Waals surface area contributed by atoms with Gasteiger partial charge in [-0.25, -0.2) is 0 Å². The second-order valence-electron chi connectivity index (χ2n) is 7.25. The van der Waals surface area contributed by atoms with Crippen molar-refractivity contribution < 1.29 is 4.79 Å². The van der Waals surface area contributed by atoms with Gasteiger partial charge in [0.25, 0.3) is 0 Å². The van der Waals surface area contributed by atoms with Crippen LogP contribution in [0.2, 0.25) is 0 Å². The second-order valence-corrected chi connectivity index (χ2v) is 7.25. The Labute approximate surface area is 140 Å². The van der Waals surface area contributed by atoms with Crippen molar-refractivity contribution in [1.29, 1.82) is 0 Å². The summed E-state index contributed by atoms with van der Waals surface area (Å²) in [4.78, 5) is 17.2. The number of likely N-dealkylation sites (tertiary alicyclic amines) is 1. The van der Waals surface area contributed by atoms with E-state index in [1.54, 1.807) is 0 Å². The summed E-state index contributed by atoms with van der Waals surface area (Å²) in [6.45, 7) is 7.96. The van der Waals surface area contributed by atoms with E-state index in [0.29, 0.717) is 11.9 Å². The maximum absolute atomic E-state index is 12.8. The highest BCUT2D eigenvalue weighted by molar-refractivity contribution is 5.79. The number of rotatable bonds is 4. The van der Waals surface area contributed by atoms with Crippen molar-refractivity contribution in [2.45, 2.75) is 52.5 Å². The third-order valence-corrected chi connectivity index (χ3v) is 5.33. The Morgan fingerprint density at radius 3 is 2.57 bits per heavy atom. The molecule has 0 aromatic carbocycles. The molecule has 0 aliphatic carbocycles. The smallest absolute Gasteiger partial charge is 0.225 e. The molecular formula is C18H32N4O. The molecule has 2 rings (SSSR count). The van der Waals surface area contributed by atoms with E-state index in [-0.39, 0.29) is 5.92 Å². The first-order valence-corrected chi connectivity index (χ1v) is 8.75. The maximum atomic E-state index is 12.8. The summed E-state index contributed by atoms with van der Waals surface area (Å²) in [6.07, 6.45) is 4.16. The molecule has 2 heterocycles. The van der Waals surface area contributed by atoms with Crippen LogP contribution in [0.3, 0.4) is 0 Å². The minimum Gasteiger partial charge on any atom is -0.342 e. The number of aryl methyl sites for hydroxylation is 2. The summed E-state index contributed by atoms with van der Waals surface area (Å²) in [5.74, 6) is 0.319. The fourth-order valence-electron chi connectivity index (χ4n) is 3.63. The second kappa shape index (κ2) is 7.47. The average molecular weight is 320 g/mol. The van der Waals surface area contributed by atoms with Crippen molar-refractivity contribution in [3.05, 3.63) is 17.0 Å². The molecule has 0 saturated carbocycles. The van der Waals surface area contributed by atoms with E-state index in [9.17, 15) is 4.79 Å². The zero-order chi connectivity index (χ0) is 17.1. The van der Waals surface area contributed by atoms with Gasteiger partial charge in [0.2, 0.25) is 5.91 Å². The van der Waals surface area contributed by atoms with Gasteiger partial charge in [-0.3, -0.25) is 9.48 Å². The summed E-state index contributed by atoms with van der Waals surface area (Å²) >= 11 is 0. The molecule has 0 spiro atoms. The molecule has 5 heteroatoms.